The Hall–Kier alpha value is -0.380. The number of thioether (sulfide) groups is 1. The number of nitrogens with zero attached hydrogens (tertiary/aromatic N) is 1. The van der Waals surface area contributed by atoms with Gasteiger partial charge in [0.2, 0.25) is 5.91 Å². The van der Waals surface area contributed by atoms with Gasteiger partial charge in [-0.15, -0.1) is 11.8 Å². The van der Waals surface area contributed by atoms with E-state index in [0.717, 1.165) is 32.2 Å². The molecule has 1 aliphatic rings. The van der Waals surface area contributed by atoms with Crippen molar-refractivity contribution in [3.8, 4) is 0 Å². The monoisotopic (exact) mass is 405 g/mol. The van der Waals surface area contributed by atoms with Crippen LogP contribution in [0.3, 0.4) is 0 Å². The van der Waals surface area contributed by atoms with Crippen LogP contribution >= 0.6 is 11.8 Å². The average Bonchev–Trinajstić information content (AvgIpc) is 2.60. The van der Waals surface area contributed by atoms with Crippen molar-refractivity contribution < 1.29 is 19.7 Å². The quantitative estimate of drug-likeness (QED) is 0.340. The zero-order valence-corrected chi connectivity index (χ0v) is 18.2. The van der Waals surface area contributed by atoms with Crippen LogP contribution in [0.25, 0.3) is 0 Å². The lowest BCUT2D eigenvalue weighted by Crippen LogP contribution is -2.55. The van der Waals surface area contributed by atoms with Crippen LogP contribution in [0.4, 0.5) is 0 Å². The molecule has 1 aliphatic heterocycles. The first-order valence-corrected chi connectivity index (χ1v) is 11.4. The summed E-state index contributed by atoms with van der Waals surface area (Å²) < 4.78 is 6.00. The third kappa shape index (κ3) is 7.87. The van der Waals surface area contributed by atoms with E-state index in [1.807, 2.05) is 20.1 Å². The minimum absolute atomic E-state index is 0.0714. The van der Waals surface area contributed by atoms with Crippen molar-refractivity contribution >= 4 is 17.7 Å². The first-order chi connectivity index (χ1) is 12.7. The van der Waals surface area contributed by atoms with E-state index in [-0.39, 0.29) is 24.1 Å². The molecule has 0 radical (unpaired) electrons. The molecule has 1 amide bonds. The molecule has 1 rings (SSSR count). The van der Waals surface area contributed by atoms with Gasteiger partial charge in [-0.1, -0.05) is 13.8 Å². The molecule has 0 bridgehead atoms. The number of hydrazine groups is 1. The van der Waals surface area contributed by atoms with Gasteiger partial charge in [0, 0.05) is 6.54 Å². The number of aliphatic hydroxyl groups is 2. The molecule has 0 saturated carbocycles. The summed E-state index contributed by atoms with van der Waals surface area (Å²) in [7, 11) is 0. The standard InChI is InChI=1S/C19H39N3O4S/c1-6-16(26-19(27-5)17(24)14(4)23)13(3)21-18(25)15-10-9-12(2)8-7-11-22(15)20/h12-17,19,23-24H,6-11,20H2,1-5H3,(H,21,25). The number of carbonyl (C=O) groups excluding carboxylic acids is 1. The second-order valence-electron chi connectivity index (χ2n) is 7.79. The summed E-state index contributed by atoms with van der Waals surface area (Å²) in [6, 6.07) is -0.554. The van der Waals surface area contributed by atoms with Crippen LogP contribution in [-0.4, -0.2) is 69.8 Å². The molecule has 5 N–H and O–H groups in total. The topological polar surface area (TPSA) is 108 Å². The molecule has 1 heterocycles. The number of hydrogen-bond acceptors (Lipinski definition) is 7. The van der Waals surface area contributed by atoms with Crippen molar-refractivity contribution in [1.29, 1.82) is 0 Å². The van der Waals surface area contributed by atoms with E-state index in [9.17, 15) is 15.0 Å². The van der Waals surface area contributed by atoms with E-state index in [4.69, 9.17) is 10.6 Å². The van der Waals surface area contributed by atoms with Crippen molar-refractivity contribution in [3.05, 3.63) is 0 Å². The molecule has 1 fully saturated rings. The molecule has 0 aromatic carbocycles. The zero-order valence-electron chi connectivity index (χ0n) is 17.4. The van der Waals surface area contributed by atoms with Gasteiger partial charge in [-0.3, -0.25) is 10.6 Å². The number of nitrogens with two attached hydrogens (primary N) is 1. The number of ether oxygens (including phenoxy) is 1. The smallest absolute Gasteiger partial charge is 0.239 e. The van der Waals surface area contributed by atoms with Crippen LogP contribution in [-0.2, 0) is 9.53 Å². The maximum absolute atomic E-state index is 12.8. The Morgan fingerprint density at radius 3 is 2.56 bits per heavy atom. The van der Waals surface area contributed by atoms with Crippen molar-refractivity contribution in [3.63, 3.8) is 0 Å². The molecule has 0 aromatic heterocycles. The summed E-state index contributed by atoms with van der Waals surface area (Å²) in [5, 5.41) is 24.5. The number of hydrogen-bond donors (Lipinski definition) is 4. The second kappa shape index (κ2) is 12.2. The third-order valence-corrected chi connectivity index (χ3v) is 6.25. The van der Waals surface area contributed by atoms with Crippen molar-refractivity contribution in [1.82, 2.24) is 10.3 Å². The minimum Gasteiger partial charge on any atom is -0.391 e. The normalized spacial score (nSPS) is 27.7. The second-order valence-corrected chi connectivity index (χ2v) is 8.73. The van der Waals surface area contributed by atoms with Crippen LogP contribution in [0.2, 0.25) is 0 Å². The number of amides is 1. The third-order valence-electron chi connectivity index (χ3n) is 5.39. The lowest BCUT2D eigenvalue weighted by atomic mass is 9.94. The van der Waals surface area contributed by atoms with Crippen molar-refractivity contribution in [2.45, 2.75) is 95.6 Å². The highest BCUT2D eigenvalue weighted by atomic mass is 32.2. The molecule has 7 atom stereocenters. The Morgan fingerprint density at radius 2 is 2.00 bits per heavy atom. The van der Waals surface area contributed by atoms with Gasteiger partial charge < -0.3 is 20.3 Å². The summed E-state index contributed by atoms with van der Waals surface area (Å²) in [5.74, 6) is 6.67. The zero-order chi connectivity index (χ0) is 20.6. The van der Waals surface area contributed by atoms with Gasteiger partial charge in [0.15, 0.2) is 0 Å². The van der Waals surface area contributed by atoms with Crippen LogP contribution in [0, 0.1) is 5.92 Å². The molecule has 27 heavy (non-hydrogen) atoms. The van der Waals surface area contributed by atoms with Gasteiger partial charge in [0.25, 0.3) is 0 Å². The first kappa shape index (κ1) is 24.7. The predicted molar refractivity (Wildman–Crippen MR) is 110 cm³/mol. The van der Waals surface area contributed by atoms with E-state index in [0.29, 0.717) is 12.3 Å². The van der Waals surface area contributed by atoms with E-state index >= 15 is 0 Å². The predicted octanol–water partition coefficient (Wildman–Crippen LogP) is 1.47. The van der Waals surface area contributed by atoms with Gasteiger partial charge >= 0.3 is 0 Å². The van der Waals surface area contributed by atoms with Crippen LogP contribution in [0.1, 0.15) is 59.8 Å². The maximum Gasteiger partial charge on any atom is 0.239 e. The SMILES string of the molecule is CCC(OC(SC)C(O)C(C)O)C(C)NC(=O)C1CCC(C)CCCN1N. The average molecular weight is 406 g/mol. The van der Waals surface area contributed by atoms with Crippen molar-refractivity contribution in [2.75, 3.05) is 12.8 Å². The fourth-order valence-corrected chi connectivity index (χ4v) is 4.23. The lowest BCUT2D eigenvalue weighted by Gasteiger charge is -2.34. The van der Waals surface area contributed by atoms with Gasteiger partial charge in [-0.2, -0.15) is 0 Å². The summed E-state index contributed by atoms with van der Waals surface area (Å²) in [6.07, 6.45) is 4.27. The molecule has 0 aliphatic carbocycles. The van der Waals surface area contributed by atoms with Gasteiger partial charge in [-0.05, 0) is 58.1 Å². The number of aliphatic hydroxyl groups excluding tert-OH is 2. The van der Waals surface area contributed by atoms with E-state index in [2.05, 4.69) is 12.2 Å². The fourth-order valence-electron chi connectivity index (χ4n) is 3.47. The first-order valence-electron chi connectivity index (χ1n) is 10.1. The Kier molecular flexibility index (Phi) is 11.2. The number of carbonyl (C=O) groups is 1. The fraction of sp³-hybridized carbons (Fsp3) is 0.947. The summed E-state index contributed by atoms with van der Waals surface area (Å²) in [5.41, 5.74) is -0.553. The summed E-state index contributed by atoms with van der Waals surface area (Å²) in [6.45, 7) is 8.37. The van der Waals surface area contributed by atoms with Crippen LogP contribution in [0.15, 0.2) is 0 Å². The van der Waals surface area contributed by atoms with Crippen LogP contribution < -0.4 is 11.2 Å². The van der Waals surface area contributed by atoms with Gasteiger partial charge in [-0.25, -0.2) is 5.01 Å². The van der Waals surface area contributed by atoms with E-state index < -0.39 is 17.6 Å². The lowest BCUT2D eigenvalue weighted by molar-refractivity contribution is -0.130. The molecule has 0 aromatic rings. The molecular formula is C19H39N3O4S. The Balaban J connectivity index is 2.69. The number of rotatable bonds is 9. The Morgan fingerprint density at radius 1 is 1.33 bits per heavy atom. The Labute approximate surface area is 168 Å². The van der Waals surface area contributed by atoms with E-state index in [1.54, 1.807) is 5.01 Å². The molecule has 0 spiro atoms. The van der Waals surface area contributed by atoms with Gasteiger partial charge in [0.05, 0.1) is 18.2 Å². The Bertz CT molecular complexity index is 441. The molecule has 1 saturated heterocycles. The molecule has 160 valence electrons. The number of nitrogens with one attached hydrogen (secondary N) is 1. The van der Waals surface area contributed by atoms with E-state index in [1.165, 1.54) is 18.7 Å². The summed E-state index contributed by atoms with van der Waals surface area (Å²) in [4.78, 5) is 12.8. The molecule has 8 heteroatoms. The highest BCUT2D eigenvalue weighted by Crippen LogP contribution is 2.22. The largest absolute Gasteiger partial charge is 0.391 e. The van der Waals surface area contributed by atoms with Gasteiger partial charge in [0.1, 0.15) is 17.6 Å². The van der Waals surface area contributed by atoms with Crippen molar-refractivity contribution in [2.24, 2.45) is 11.8 Å². The molecular weight excluding hydrogens is 366 g/mol. The van der Waals surface area contributed by atoms with Crippen LogP contribution in [0.5, 0.6) is 0 Å². The minimum atomic E-state index is -0.983. The maximum atomic E-state index is 12.8. The molecule has 7 nitrogen and oxygen atoms in total. The highest BCUT2D eigenvalue weighted by molar-refractivity contribution is 7.99. The molecule has 7 unspecified atom stereocenters. The highest BCUT2D eigenvalue weighted by Gasteiger charge is 2.31. The summed E-state index contributed by atoms with van der Waals surface area (Å²) >= 11 is 1.35.